The van der Waals surface area contributed by atoms with Crippen molar-refractivity contribution in [2.75, 3.05) is 25.6 Å². The number of nitrogens with two attached hydrogens (primary N) is 1. The number of aliphatic carboxylic acids is 1. The number of carbonyl (C=O) groups excluding carboxylic acids is 1. The molecule has 1 unspecified atom stereocenters. The molecule has 0 aliphatic carbocycles. The molecule has 0 spiro atoms. The predicted octanol–water partition coefficient (Wildman–Crippen LogP) is 2.71. The number of aliphatic hydroxyl groups is 1. The lowest BCUT2D eigenvalue weighted by atomic mass is 10.00. The van der Waals surface area contributed by atoms with E-state index in [1.807, 2.05) is 18.2 Å². The highest BCUT2D eigenvalue weighted by atomic mass is 16.5. The predicted molar refractivity (Wildman–Crippen MR) is 122 cm³/mol. The first-order valence-electron chi connectivity index (χ1n) is 10.1. The first-order valence-corrected chi connectivity index (χ1v) is 10.1. The molecule has 1 atom stereocenters. The van der Waals surface area contributed by atoms with Crippen LogP contribution in [0, 0.1) is 5.41 Å². The minimum atomic E-state index is -0.833. The van der Waals surface area contributed by atoms with Gasteiger partial charge in [0.05, 0.1) is 13.7 Å². The summed E-state index contributed by atoms with van der Waals surface area (Å²) in [6.45, 7) is 3.17. The molecule has 9 heteroatoms. The zero-order valence-corrected chi connectivity index (χ0v) is 18.6. The number of amidine groups is 1. The molecule has 9 nitrogen and oxygen atoms in total. The van der Waals surface area contributed by atoms with Gasteiger partial charge in [-0.2, -0.15) is 0 Å². The number of hydrogen-bond acceptors (Lipinski definition) is 7. The number of benzene rings is 2. The van der Waals surface area contributed by atoms with Gasteiger partial charge in [0.1, 0.15) is 18.2 Å². The topological polar surface area (TPSA) is 155 Å². The number of ether oxygens (including phenoxy) is 2. The molecule has 2 aromatic rings. The summed E-state index contributed by atoms with van der Waals surface area (Å²) in [6, 6.07) is 11.8. The van der Waals surface area contributed by atoms with Crippen LogP contribution < -0.4 is 15.8 Å². The summed E-state index contributed by atoms with van der Waals surface area (Å²) in [6.07, 6.45) is 1.84. The van der Waals surface area contributed by atoms with Crippen LogP contribution in [0.2, 0.25) is 0 Å². The van der Waals surface area contributed by atoms with Crippen LogP contribution >= 0.6 is 0 Å². The van der Waals surface area contributed by atoms with Crippen LogP contribution in [0.3, 0.4) is 0 Å². The number of carbonyl (C=O) groups is 2. The van der Waals surface area contributed by atoms with Gasteiger partial charge in [0.2, 0.25) is 0 Å². The van der Waals surface area contributed by atoms with Crippen LogP contribution in [0.1, 0.15) is 43.0 Å². The van der Waals surface area contributed by atoms with Crippen molar-refractivity contribution in [1.82, 2.24) is 0 Å². The van der Waals surface area contributed by atoms with Gasteiger partial charge < -0.3 is 30.7 Å². The number of hydrogen-bond donors (Lipinski definition) is 5. The molecule has 0 fully saturated rings. The van der Waals surface area contributed by atoms with E-state index in [0.29, 0.717) is 22.6 Å². The molecule has 0 bridgehead atoms. The fourth-order valence-corrected chi connectivity index (χ4v) is 2.85. The molecule has 0 heterocycles. The molecule has 0 amide bonds. The van der Waals surface area contributed by atoms with Crippen molar-refractivity contribution in [3.05, 3.63) is 59.2 Å². The Morgan fingerprint density at radius 2 is 1.81 bits per heavy atom. The van der Waals surface area contributed by atoms with E-state index in [9.17, 15) is 4.79 Å². The lowest BCUT2D eigenvalue weighted by Crippen LogP contribution is -2.23. The molecular weight excluding hydrogens is 414 g/mol. The van der Waals surface area contributed by atoms with Crippen LogP contribution in [0.4, 0.5) is 5.69 Å². The van der Waals surface area contributed by atoms with Gasteiger partial charge in [-0.1, -0.05) is 19.4 Å². The first kappa shape index (κ1) is 26.4. The van der Waals surface area contributed by atoms with Crippen molar-refractivity contribution in [2.45, 2.75) is 32.7 Å². The summed E-state index contributed by atoms with van der Waals surface area (Å²) in [5, 5.41) is 27.2. The molecule has 6 N–H and O–H groups in total. The lowest BCUT2D eigenvalue weighted by molar-refractivity contribution is -0.141. The van der Waals surface area contributed by atoms with Crippen LogP contribution in [0.5, 0.6) is 5.75 Å². The van der Waals surface area contributed by atoms with Gasteiger partial charge in [-0.25, -0.2) is 4.79 Å². The fourth-order valence-electron chi connectivity index (χ4n) is 2.85. The summed E-state index contributed by atoms with van der Waals surface area (Å²) in [5.74, 6) is -0.807. The van der Waals surface area contributed by atoms with Gasteiger partial charge in [-0.3, -0.25) is 10.2 Å². The molecule has 0 saturated carbocycles. The number of anilines is 1. The third kappa shape index (κ3) is 8.65. The number of aryl methyl sites for hydroxylation is 1. The molecule has 0 aromatic heterocycles. The van der Waals surface area contributed by atoms with Crippen molar-refractivity contribution in [3.63, 3.8) is 0 Å². The van der Waals surface area contributed by atoms with Gasteiger partial charge >= 0.3 is 5.97 Å². The van der Waals surface area contributed by atoms with Crippen LogP contribution in [0.15, 0.2) is 42.5 Å². The summed E-state index contributed by atoms with van der Waals surface area (Å²) in [5.41, 5.74) is 8.48. The Kier molecular flexibility index (Phi) is 11.3. The second-order valence-electron chi connectivity index (χ2n) is 6.80. The Labute approximate surface area is 187 Å². The second-order valence-corrected chi connectivity index (χ2v) is 6.80. The smallest absolute Gasteiger partial charge is 0.333 e. The van der Waals surface area contributed by atoms with Gasteiger partial charge in [0.15, 0.2) is 6.04 Å². The molecule has 0 aliphatic rings. The second kappa shape index (κ2) is 13.7. The molecule has 0 radical (unpaired) electrons. The summed E-state index contributed by atoms with van der Waals surface area (Å²) >= 11 is 0. The monoisotopic (exact) mass is 445 g/mol. The van der Waals surface area contributed by atoms with E-state index in [4.69, 9.17) is 35.6 Å². The highest BCUT2D eigenvalue weighted by molar-refractivity contribution is 5.95. The van der Waals surface area contributed by atoms with E-state index in [1.165, 1.54) is 7.11 Å². The minimum Gasteiger partial charge on any atom is -0.491 e. The zero-order valence-electron chi connectivity index (χ0n) is 18.6. The highest BCUT2D eigenvalue weighted by Crippen LogP contribution is 2.31. The van der Waals surface area contributed by atoms with Crippen LogP contribution in [0.25, 0.3) is 0 Å². The Hall–Kier alpha value is -3.59. The van der Waals surface area contributed by atoms with E-state index in [1.54, 1.807) is 24.3 Å². The Morgan fingerprint density at radius 1 is 1.19 bits per heavy atom. The van der Waals surface area contributed by atoms with E-state index in [-0.39, 0.29) is 19.0 Å². The first-order chi connectivity index (χ1) is 15.2. The molecule has 0 saturated heterocycles. The van der Waals surface area contributed by atoms with Crippen molar-refractivity contribution in [2.24, 2.45) is 5.73 Å². The van der Waals surface area contributed by atoms with Crippen LogP contribution in [-0.2, 0) is 20.7 Å². The van der Waals surface area contributed by atoms with Gasteiger partial charge in [-0.05, 0) is 48.4 Å². The maximum Gasteiger partial charge on any atom is 0.333 e. The molecular formula is C23H31N3O6. The largest absolute Gasteiger partial charge is 0.491 e. The van der Waals surface area contributed by atoms with Crippen LogP contribution in [-0.4, -0.2) is 48.3 Å². The summed E-state index contributed by atoms with van der Waals surface area (Å²) in [7, 11) is 1.33. The zero-order chi connectivity index (χ0) is 24.1. The number of nitrogens with one attached hydrogen (secondary N) is 2. The molecule has 32 heavy (non-hydrogen) atoms. The average molecular weight is 446 g/mol. The normalized spacial score (nSPS) is 10.9. The fraction of sp³-hybridized carbons (Fsp3) is 0.348. The number of carboxylic acids is 1. The van der Waals surface area contributed by atoms with Gasteiger partial charge in [-0.15, -0.1) is 0 Å². The summed E-state index contributed by atoms with van der Waals surface area (Å²) < 4.78 is 10.6. The minimum absolute atomic E-state index is 0.0250. The summed E-state index contributed by atoms with van der Waals surface area (Å²) in [4.78, 5) is 21.5. The van der Waals surface area contributed by atoms with Crippen molar-refractivity contribution in [1.29, 1.82) is 5.41 Å². The SMILES string of the molecule is CC(=O)O.CCCc1ccc(OCCO)c(C(Nc2ccc(C(=N)N)cc2)C(=O)OC)c1. The van der Waals surface area contributed by atoms with Crippen molar-refractivity contribution in [3.8, 4) is 5.75 Å². The number of methoxy groups -OCH3 is 1. The number of aliphatic hydroxyl groups excluding tert-OH is 1. The number of carboxylic acid groups (broad SMARTS) is 1. The number of esters is 1. The highest BCUT2D eigenvalue weighted by Gasteiger charge is 2.25. The van der Waals surface area contributed by atoms with Crippen molar-refractivity contribution < 1.29 is 29.3 Å². The lowest BCUT2D eigenvalue weighted by Gasteiger charge is -2.22. The van der Waals surface area contributed by atoms with Gasteiger partial charge in [0.25, 0.3) is 5.97 Å². The maximum atomic E-state index is 12.5. The van der Waals surface area contributed by atoms with E-state index >= 15 is 0 Å². The Morgan fingerprint density at radius 3 is 2.31 bits per heavy atom. The third-order valence-electron chi connectivity index (χ3n) is 4.22. The Bertz CT molecular complexity index is 895. The molecule has 0 aliphatic heterocycles. The molecule has 174 valence electrons. The molecule has 2 rings (SSSR count). The maximum absolute atomic E-state index is 12.5. The quantitative estimate of drug-likeness (QED) is 0.212. The third-order valence-corrected chi connectivity index (χ3v) is 4.22. The number of rotatable bonds is 10. The van der Waals surface area contributed by atoms with Crippen molar-refractivity contribution >= 4 is 23.5 Å². The van der Waals surface area contributed by atoms with E-state index in [0.717, 1.165) is 25.3 Å². The number of nitrogen functional groups attached to an aromatic ring is 1. The average Bonchev–Trinajstić information content (AvgIpc) is 2.76. The van der Waals surface area contributed by atoms with E-state index < -0.39 is 18.0 Å². The van der Waals surface area contributed by atoms with Gasteiger partial charge in [0, 0.05) is 23.7 Å². The molecule has 2 aromatic carbocycles. The Balaban J connectivity index is 0.00000118. The standard InChI is InChI=1S/C21H27N3O4.C2H4O2/c1-3-4-14-5-10-18(28-12-11-25)17(13-14)19(21(26)27-2)24-16-8-6-15(7-9-16)20(22)23;1-2(3)4/h5-10,13,19,24-25H,3-4,11-12H2,1-2H3,(H3,22,23);1H3,(H,3,4). The van der Waals surface area contributed by atoms with E-state index in [2.05, 4.69) is 12.2 Å².